The summed E-state index contributed by atoms with van der Waals surface area (Å²) in [7, 11) is 0. The lowest BCUT2D eigenvalue weighted by molar-refractivity contribution is 0.119. The van der Waals surface area contributed by atoms with E-state index in [1.165, 1.54) is 0 Å². The van der Waals surface area contributed by atoms with Gasteiger partial charge in [0.15, 0.2) is 5.65 Å². The molecule has 8 nitrogen and oxygen atoms in total. The minimum absolute atomic E-state index is 0.178. The molecule has 4 aromatic rings. The summed E-state index contributed by atoms with van der Waals surface area (Å²) in [6.45, 7) is 5.14. The van der Waals surface area contributed by atoms with Crippen LogP contribution in [0.3, 0.4) is 0 Å². The molecule has 4 heterocycles. The first-order valence-corrected chi connectivity index (χ1v) is 11.4. The van der Waals surface area contributed by atoms with Gasteiger partial charge < -0.3 is 15.1 Å². The van der Waals surface area contributed by atoms with E-state index in [-0.39, 0.29) is 12.6 Å². The topological polar surface area (TPSA) is 94.8 Å². The number of β-amino-alcohol motifs (C(OH)–C–C–N with tert-alkyl or cyclic N) is 1. The Kier molecular flexibility index (Phi) is 5.97. The van der Waals surface area contributed by atoms with Gasteiger partial charge in [-0.15, -0.1) is 10.2 Å². The molecule has 5 rings (SSSR count). The molecule has 170 valence electrons. The summed E-state index contributed by atoms with van der Waals surface area (Å²) in [6, 6.07) is 14.1. The number of aryl methyl sites for hydroxylation is 1. The van der Waals surface area contributed by atoms with Gasteiger partial charge in [-0.1, -0.05) is 23.7 Å². The highest BCUT2D eigenvalue weighted by Crippen LogP contribution is 2.25. The SMILES string of the molecule is Cc1nnc2ccc3c(cc(C(=N)CC=NC4CN(CCO)C4)n3Cc3cccc(Cl)c3)n12. The lowest BCUT2D eigenvalue weighted by Gasteiger charge is -2.36. The van der Waals surface area contributed by atoms with E-state index in [2.05, 4.69) is 24.7 Å². The van der Waals surface area contributed by atoms with Crippen molar-refractivity contribution in [1.82, 2.24) is 24.1 Å². The number of likely N-dealkylation sites (tertiary alicyclic amines) is 1. The van der Waals surface area contributed by atoms with Gasteiger partial charge in [-0.25, -0.2) is 0 Å². The van der Waals surface area contributed by atoms with Crippen molar-refractivity contribution >= 4 is 40.2 Å². The van der Waals surface area contributed by atoms with Crippen LogP contribution in [0.5, 0.6) is 0 Å². The average Bonchev–Trinajstić information content (AvgIpc) is 3.32. The van der Waals surface area contributed by atoms with Gasteiger partial charge in [0.2, 0.25) is 0 Å². The first-order valence-electron chi connectivity index (χ1n) is 11.0. The number of fused-ring (bicyclic) bond motifs is 3. The maximum absolute atomic E-state index is 9.01. The standard InChI is InChI=1S/C24H26ClN7O/c1-16-28-29-24-6-5-21-23(32(16)24)12-22(31(21)13-17-3-2-4-18(25)11-17)20(26)7-8-27-19-14-30(15-19)9-10-33/h2-6,8,11-12,19,26,33H,7,9-10,13-15H2,1H3. The van der Waals surface area contributed by atoms with Gasteiger partial charge in [-0.05, 0) is 42.8 Å². The third-order valence-corrected chi connectivity index (χ3v) is 6.34. The van der Waals surface area contributed by atoms with Gasteiger partial charge in [-0.3, -0.25) is 14.3 Å². The van der Waals surface area contributed by atoms with E-state index in [9.17, 15) is 0 Å². The number of aliphatic hydroxyl groups is 1. The van der Waals surface area contributed by atoms with Crippen molar-refractivity contribution in [2.24, 2.45) is 4.99 Å². The van der Waals surface area contributed by atoms with Crippen LogP contribution in [0.25, 0.3) is 16.7 Å². The molecule has 1 saturated heterocycles. The lowest BCUT2D eigenvalue weighted by atomic mass is 10.1. The first kappa shape index (κ1) is 21.8. The predicted octanol–water partition coefficient (Wildman–Crippen LogP) is 3.20. The van der Waals surface area contributed by atoms with E-state index in [1.807, 2.05) is 60.0 Å². The Morgan fingerprint density at radius 3 is 2.85 bits per heavy atom. The number of rotatable bonds is 8. The van der Waals surface area contributed by atoms with E-state index in [1.54, 1.807) is 0 Å². The minimum Gasteiger partial charge on any atom is -0.395 e. The van der Waals surface area contributed by atoms with E-state index in [0.29, 0.717) is 30.2 Å². The molecule has 0 bridgehead atoms. The Balaban J connectivity index is 1.46. The van der Waals surface area contributed by atoms with Crippen LogP contribution in [0, 0.1) is 12.3 Å². The molecular formula is C24H26ClN7O. The van der Waals surface area contributed by atoms with E-state index >= 15 is 0 Å². The maximum Gasteiger partial charge on any atom is 0.161 e. The molecule has 0 aliphatic carbocycles. The summed E-state index contributed by atoms with van der Waals surface area (Å²) in [5.74, 6) is 0.813. The van der Waals surface area contributed by atoms with Crippen molar-refractivity contribution in [3.63, 3.8) is 0 Å². The molecule has 0 radical (unpaired) electrons. The predicted molar refractivity (Wildman–Crippen MR) is 131 cm³/mol. The molecule has 3 aromatic heterocycles. The van der Waals surface area contributed by atoms with Crippen LogP contribution in [0.4, 0.5) is 0 Å². The fourth-order valence-corrected chi connectivity index (χ4v) is 4.65. The summed E-state index contributed by atoms with van der Waals surface area (Å²) in [4.78, 5) is 6.79. The number of aliphatic imine (C=N–C) groups is 1. The second-order valence-corrected chi connectivity index (χ2v) is 8.88. The highest BCUT2D eigenvalue weighted by atomic mass is 35.5. The Morgan fingerprint density at radius 2 is 2.06 bits per heavy atom. The largest absolute Gasteiger partial charge is 0.395 e. The quantitative estimate of drug-likeness (QED) is 0.392. The number of aliphatic hydroxyl groups excluding tert-OH is 1. The number of pyridine rings is 1. The molecule has 33 heavy (non-hydrogen) atoms. The number of aromatic nitrogens is 4. The highest BCUT2D eigenvalue weighted by Gasteiger charge is 2.24. The zero-order chi connectivity index (χ0) is 22.9. The van der Waals surface area contributed by atoms with Gasteiger partial charge in [0.1, 0.15) is 5.82 Å². The third kappa shape index (κ3) is 4.29. The van der Waals surface area contributed by atoms with Crippen LogP contribution in [0.1, 0.15) is 23.5 Å². The van der Waals surface area contributed by atoms with Crippen molar-refractivity contribution in [1.29, 1.82) is 5.41 Å². The summed E-state index contributed by atoms with van der Waals surface area (Å²) in [6.07, 6.45) is 2.30. The first-order chi connectivity index (χ1) is 16.0. The summed E-state index contributed by atoms with van der Waals surface area (Å²) >= 11 is 6.23. The molecule has 1 aliphatic rings. The zero-order valence-electron chi connectivity index (χ0n) is 18.4. The number of halogens is 1. The molecule has 0 amide bonds. The van der Waals surface area contributed by atoms with Crippen LogP contribution < -0.4 is 0 Å². The molecule has 0 saturated carbocycles. The molecule has 0 atom stereocenters. The number of hydrogen-bond acceptors (Lipinski definition) is 6. The summed E-state index contributed by atoms with van der Waals surface area (Å²) < 4.78 is 4.18. The molecule has 1 fully saturated rings. The van der Waals surface area contributed by atoms with Gasteiger partial charge in [0.25, 0.3) is 0 Å². The van der Waals surface area contributed by atoms with Crippen molar-refractivity contribution in [3.8, 4) is 0 Å². The van der Waals surface area contributed by atoms with E-state index in [4.69, 9.17) is 22.1 Å². The molecule has 0 unspecified atom stereocenters. The molecule has 0 spiro atoms. The van der Waals surface area contributed by atoms with Crippen molar-refractivity contribution in [2.75, 3.05) is 26.2 Å². The van der Waals surface area contributed by atoms with Crippen molar-refractivity contribution < 1.29 is 5.11 Å². The van der Waals surface area contributed by atoms with Crippen LogP contribution in [0.15, 0.2) is 47.5 Å². The summed E-state index contributed by atoms with van der Waals surface area (Å²) in [5.41, 5.74) is 5.20. The van der Waals surface area contributed by atoms with Crippen LogP contribution in [-0.4, -0.2) is 73.4 Å². The van der Waals surface area contributed by atoms with E-state index < -0.39 is 0 Å². The molecule has 2 N–H and O–H groups in total. The second-order valence-electron chi connectivity index (χ2n) is 8.44. The highest BCUT2D eigenvalue weighted by molar-refractivity contribution is 6.30. The Bertz CT molecular complexity index is 1350. The normalized spacial score (nSPS) is 15.1. The van der Waals surface area contributed by atoms with Crippen molar-refractivity contribution in [3.05, 3.63) is 64.6 Å². The van der Waals surface area contributed by atoms with Crippen LogP contribution in [0.2, 0.25) is 5.02 Å². The smallest absolute Gasteiger partial charge is 0.161 e. The second kappa shape index (κ2) is 9.05. The Labute approximate surface area is 196 Å². The third-order valence-electron chi connectivity index (χ3n) is 6.10. The van der Waals surface area contributed by atoms with Crippen LogP contribution >= 0.6 is 11.6 Å². The molecule has 1 aromatic carbocycles. The fourth-order valence-electron chi connectivity index (χ4n) is 4.44. The molecule has 9 heteroatoms. The lowest BCUT2D eigenvalue weighted by Crippen LogP contribution is -2.50. The number of nitrogens with zero attached hydrogens (tertiary/aromatic N) is 6. The molecule has 1 aliphatic heterocycles. The van der Waals surface area contributed by atoms with Gasteiger partial charge in [0.05, 0.1) is 35.1 Å². The van der Waals surface area contributed by atoms with Crippen LogP contribution in [-0.2, 0) is 6.54 Å². The van der Waals surface area contributed by atoms with Gasteiger partial charge in [0, 0.05) is 43.8 Å². The fraction of sp³-hybridized carbons (Fsp3) is 0.333. The number of hydrogen-bond donors (Lipinski definition) is 2. The number of nitrogens with one attached hydrogen (secondary N) is 1. The van der Waals surface area contributed by atoms with Gasteiger partial charge >= 0.3 is 0 Å². The van der Waals surface area contributed by atoms with Crippen molar-refractivity contribution in [2.45, 2.75) is 25.9 Å². The molecular weight excluding hydrogens is 438 g/mol. The maximum atomic E-state index is 9.01. The minimum atomic E-state index is 0.178. The monoisotopic (exact) mass is 463 g/mol. The zero-order valence-corrected chi connectivity index (χ0v) is 19.2. The Hall–Kier alpha value is -3.07. The average molecular weight is 464 g/mol. The Morgan fingerprint density at radius 1 is 1.21 bits per heavy atom. The summed E-state index contributed by atoms with van der Waals surface area (Å²) in [5, 5.41) is 27.0. The number of benzene rings is 1. The van der Waals surface area contributed by atoms with Gasteiger partial charge in [-0.2, -0.15) is 0 Å². The van der Waals surface area contributed by atoms with E-state index in [0.717, 1.165) is 46.9 Å².